The average Bonchev–Trinajstić information content (AvgIpc) is 2.14. The Kier molecular flexibility index (Phi) is 3.52. The van der Waals surface area contributed by atoms with Crippen molar-refractivity contribution in [2.45, 2.75) is 6.18 Å². The van der Waals surface area contributed by atoms with E-state index >= 15 is 0 Å². The van der Waals surface area contributed by atoms with Crippen LogP contribution in [0.4, 0.5) is 13.2 Å². The molecule has 0 bridgehead atoms. The van der Waals surface area contributed by atoms with Crippen LogP contribution in [0.5, 0.6) is 0 Å². The van der Waals surface area contributed by atoms with Crippen LogP contribution in [-0.2, 0) is 6.18 Å². The van der Waals surface area contributed by atoms with Crippen molar-refractivity contribution < 1.29 is 13.2 Å². The minimum absolute atomic E-state index is 0.248. The Bertz CT molecular complexity index is 333. The van der Waals surface area contributed by atoms with Crippen molar-refractivity contribution in [2.75, 3.05) is 5.88 Å². The van der Waals surface area contributed by atoms with Gasteiger partial charge in [0.15, 0.2) is 0 Å². The predicted molar refractivity (Wildman–Crippen MR) is 49.0 cm³/mol. The minimum Gasteiger partial charge on any atom is -0.244 e. The quantitative estimate of drug-likeness (QED) is 0.698. The Morgan fingerprint density at radius 1 is 1.36 bits per heavy atom. The van der Waals surface area contributed by atoms with Crippen molar-refractivity contribution in [2.24, 2.45) is 0 Å². The highest BCUT2D eigenvalue weighted by atomic mass is 35.5. The summed E-state index contributed by atoms with van der Waals surface area (Å²) >= 11 is 5.34. The number of nitrogens with zero attached hydrogens (tertiary/aromatic N) is 1. The molecule has 0 aliphatic carbocycles. The zero-order valence-corrected chi connectivity index (χ0v) is 7.81. The lowest BCUT2D eigenvalue weighted by Crippen LogP contribution is -2.07. The topological polar surface area (TPSA) is 12.9 Å². The predicted octanol–water partition coefficient (Wildman–Crippen LogP) is 3.35. The molecule has 1 nitrogen and oxygen atoms in total. The fourth-order valence-corrected chi connectivity index (χ4v) is 0.957. The highest BCUT2D eigenvalue weighted by molar-refractivity contribution is 6.19. The lowest BCUT2D eigenvalue weighted by Gasteiger charge is -2.05. The number of hydrogen-bond donors (Lipinski definition) is 0. The maximum Gasteiger partial charge on any atom is 0.433 e. The molecule has 0 aromatic carbocycles. The molecule has 0 unspecified atom stereocenters. The highest BCUT2D eigenvalue weighted by Crippen LogP contribution is 2.27. The van der Waals surface area contributed by atoms with Crippen molar-refractivity contribution in [3.63, 3.8) is 0 Å². The number of halogens is 4. The Morgan fingerprint density at radius 3 is 2.64 bits per heavy atom. The summed E-state index contributed by atoms with van der Waals surface area (Å²) < 4.78 is 36.5. The molecule has 0 amide bonds. The maximum atomic E-state index is 12.2. The van der Waals surface area contributed by atoms with Gasteiger partial charge in [-0.2, -0.15) is 13.2 Å². The van der Waals surface area contributed by atoms with Crippen molar-refractivity contribution in [3.8, 4) is 0 Å². The first-order chi connectivity index (χ1) is 6.54. The summed E-state index contributed by atoms with van der Waals surface area (Å²) in [6.45, 7) is 0. The normalized spacial score (nSPS) is 12.3. The Labute approximate surface area is 84.2 Å². The molecule has 1 aromatic rings. The maximum absolute atomic E-state index is 12.2. The minimum atomic E-state index is -4.40. The van der Waals surface area contributed by atoms with Gasteiger partial charge in [0, 0.05) is 5.88 Å². The standard InChI is InChI=1S/C9H7ClF3N/c10-6-2-4-7-3-1-5-8(14-7)9(11,12)13/h1-5H,6H2. The van der Waals surface area contributed by atoms with Crippen LogP contribution < -0.4 is 0 Å². The van der Waals surface area contributed by atoms with E-state index in [1.54, 1.807) is 0 Å². The zero-order chi connectivity index (χ0) is 10.6. The van der Waals surface area contributed by atoms with E-state index in [1.165, 1.54) is 24.3 Å². The van der Waals surface area contributed by atoms with Gasteiger partial charge in [0.05, 0.1) is 5.69 Å². The highest BCUT2D eigenvalue weighted by Gasteiger charge is 2.32. The van der Waals surface area contributed by atoms with E-state index in [1.807, 2.05) is 0 Å². The van der Waals surface area contributed by atoms with Crippen LogP contribution >= 0.6 is 11.6 Å². The number of pyridine rings is 1. The van der Waals surface area contributed by atoms with E-state index in [4.69, 9.17) is 11.6 Å². The molecule has 0 radical (unpaired) electrons. The Balaban J connectivity index is 2.96. The van der Waals surface area contributed by atoms with E-state index < -0.39 is 11.9 Å². The van der Waals surface area contributed by atoms with Crippen LogP contribution in [0.25, 0.3) is 6.08 Å². The first-order valence-corrected chi connectivity index (χ1v) is 4.34. The molecule has 1 heterocycles. The van der Waals surface area contributed by atoms with Gasteiger partial charge in [0.1, 0.15) is 5.69 Å². The van der Waals surface area contributed by atoms with E-state index in [2.05, 4.69) is 4.98 Å². The van der Waals surface area contributed by atoms with Gasteiger partial charge in [-0.1, -0.05) is 12.1 Å². The van der Waals surface area contributed by atoms with Crippen LogP contribution in [0, 0.1) is 0 Å². The first kappa shape index (κ1) is 11.0. The summed E-state index contributed by atoms with van der Waals surface area (Å²) in [6.07, 6.45) is -1.42. The molecule has 0 aliphatic heterocycles. The summed E-state index contributed by atoms with van der Waals surface area (Å²) in [5.74, 6) is 0.248. The van der Waals surface area contributed by atoms with E-state index in [-0.39, 0.29) is 11.6 Å². The lowest BCUT2D eigenvalue weighted by molar-refractivity contribution is -0.141. The van der Waals surface area contributed by atoms with Gasteiger partial charge >= 0.3 is 6.18 Å². The second-order valence-electron chi connectivity index (χ2n) is 2.50. The molecule has 0 saturated carbocycles. The third kappa shape index (κ3) is 3.03. The van der Waals surface area contributed by atoms with Gasteiger partial charge in [-0.05, 0) is 18.2 Å². The molecule has 1 rings (SSSR count). The average molecular weight is 222 g/mol. The van der Waals surface area contributed by atoms with E-state index in [0.717, 1.165) is 6.07 Å². The van der Waals surface area contributed by atoms with Gasteiger partial charge in [-0.3, -0.25) is 0 Å². The largest absolute Gasteiger partial charge is 0.433 e. The van der Waals surface area contributed by atoms with Crippen molar-refractivity contribution in [1.82, 2.24) is 4.98 Å². The third-order valence-corrected chi connectivity index (χ3v) is 1.62. The summed E-state index contributed by atoms with van der Waals surface area (Å²) in [6, 6.07) is 3.72. The SMILES string of the molecule is FC(F)(F)c1cccc(C=CCCl)n1. The summed E-state index contributed by atoms with van der Waals surface area (Å²) in [4.78, 5) is 3.41. The fraction of sp³-hybridized carbons (Fsp3) is 0.222. The molecule has 0 saturated heterocycles. The summed E-state index contributed by atoms with van der Waals surface area (Å²) in [7, 11) is 0. The van der Waals surface area contributed by atoms with Gasteiger partial charge in [-0.15, -0.1) is 11.6 Å². The van der Waals surface area contributed by atoms with Crippen LogP contribution in [0.15, 0.2) is 24.3 Å². The van der Waals surface area contributed by atoms with Crippen LogP contribution in [-0.4, -0.2) is 10.9 Å². The van der Waals surface area contributed by atoms with Gasteiger partial charge in [-0.25, -0.2) is 4.98 Å². The molecule has 0 spiro atoms. The number of aromatic nitrogens is 1. The van der Waals surface area contributed by atoms with Crippen LogP contribution in [0.2, 0.25) is 0 Å². The van der Waals surface area contributed by atoms with Crippen LogP contribution in [0.1, 0.15) is 11.4 Å². The monoisotopic (exact) mass is 221 g/mol. The Hall–Kier alpha value is -1.03. The molecular weight excluding hydrogens is 215 g/mol. The fourth-order valence-electron chi connectivity index (χ4n) is 0.867. The van der Waals surface area contributed by atoms with E-state index in [0.29, 0.717) is 0 Å². The summed E-state index contributed by atoms with van der Waals surface area (Å²) in [5, 5.41) is 0. The molecule has 76 valence electrons. The van der Waals surface area contributed by atoms with Gasteiger partial charge in [0.2, 0.25) is 0 Å². The number of hydrogen-bond acceptors (Lipinski definition) is 1. The second-order valence-corrected chi connectivity index (χ2v) is 2.81. The van der Waals surface area contributed by atoms with E-state index in [9.17, 15) is 13.2 Å². The molecule has 14 heavy (non-hydrogen) atoms. The first-order valence-electron chi connectivity index (χ1n) is 3.81. The second kappa shape index (κ2) is 4.46. The van der Waals surface area contributed by atoms with Gasteiger partial charge in [0.25, 0.3) is 0 Å². The molecule has 0 N–H and O–H groups in total. The molecular formula is C9H7ClF3N. The smallest absolute Gasteiger partial charge is 0.244 e. The van der Waals surface area contributed by atoms with Crippen molar-refractivity contribution in [1.29, 1.82) is 0 Å². The zero-order valence-electron chi connectivity index (χ0n) is 7.05. The van der Waals surface area contributed by atoms with Crippen molar-refractivity contribution in [3.05, 3.63) is 35.7 Å². The van der Waals surface area contributed by atoms with Gasteiger partial charge < -0.3 is 0 Å². The number of rotatable bonds is 2. The molecule has 1 aromatic heterocycles. The van der Waals surface area contributed by atoms with Crippen LogP contribution in [0.3, 0.4) is 0 Å². The number of alkyl halides is 4. The molecule has 0 aliphatic rings. The lowest BCUT2D eigenvalue weighted by atomic mass is 10.3. The molecule has 0 fully saturated rings. The van der Waals surface area contributed by atoms with Crippen molar-refractivity contribution >= 4 is 17.7 Å². The Morgan fingerprint density at radius 2 is 2.07 bits per heavy atom. The molecule has 5 heteroatoms. The third-order valence-electron chi connectivity index (χ3n) is 1.44. The number of allylic oxidation sites excluding steroid dienone is 1. The summed E-state index contributed by atoms with van der Waals surface area (Å²) in [5.41, 5.74) is -0.644. The molecule has 0 atom stereocenters.